The van der Waals surface area contributed by atoms with Crippen LogP contribution in [0.25, 0.3) is 0 Å². The van der Waals surface area contributed by atoms with Gasteiger partial charge in [-0.15, -0.1) is 0 Å². The van der Waals surface area contributed by atoms with Crippen molar-refractivity contribution in [1.29, 1.82) is 0 Å². The van der Waals surface area contributed by atoms with Crippen LogP contribution in [0.15, 0.2) is 46.9 Å². The van der Waals surface area contributed by atoms with Crippen LogP contribution in [0.1, 0.15) is 27.0 Å². The number of halogens is 1. The minimum atomic E-state index is 0.0595. The summed E-state index contributed by atoms with van der Waals surface area (Å²) in [6.45, 7) is 3.97. The molecule has 0 N–H and O–H groups in total. The molecule has 0 saturated heterocycles. The van der Waals surface area contributed by atoms with Gasteiger partial charge in [-0.1, -0.05) is 51.3 Å². The number of carbonyl (C=O) groups is 1. The summed E-state index contributed by atoms with van der Waals surface area (Å²) in [5.74, 6) is 0.0595. The van der Waals surface area contributed by atoms with Crippen LogP contribution in [0.3, 0.4) is 0 Å². The first-order valence-corrected chi connectivity index (χ1v) is 6.25. The second-order valence-corrected chi connectivity index (χ2v) is 5.04. The summed E-state index contributed by atoms with van der Waals surface area (Å²) < 4.78 is 0.842. The second-order valence-electron chi connectivity index (χ2n) is 4.18. The number of hydrogen-bond acceptors (Lipinski definition) is 1. The summed E-state index contributed by atoms with van der Waals surface area (Å²) in [6.07, 6.45) is 0. The molecule has 0 spiro atoms. The van der Waals surface area contributed by atoms with Crippen LogP contribution in [0, 0.1) is 13.8 Å². The lowest BCUT2D eigenvalue weighted by Gasteiger charge is -2.06. The Kier molecular flexibility index (Phi) is 3.43. The molecule has 17 heavy (non-hydrogen) atoms. The van der Waals surface area contributed by atoms with Gasteiger partial charge in [-0.05, 0) is 32.0 Å². The van der Waals surface area contributed by atoms with E-state index in [1.807, 2.05) is 56.3 Å². The maximum Gasteiger partial charge on any atom is 0.194 e. The summed E-state index contributed by atoms with van der Waals surface area (Å²) in [5, 5.41) is 0. The smallest absolute Gasteiger partial charge is 0.194 e. The predicted molar refractivity (Wildman–Crippen MR) is 73.5 cm³/mol. The Balaban J connectivity index is 2.47. The van der Waals surface area contributed by atoms with E-state index < -0.39 is 0 Å². The molecule has 1 nitrogen and oxygen atoms in total. The summed E-state index contributed by atoms with van der Waals surface area (Å²) in [7, 11) is 0. The molecule has 0 aliphatic carbocycles. The molecule has 0 aromatic heterocycles. The highest BCUT2D eigenvalue weighted by Crippen LogP contribution is 2.21. The largest absolute Gasteiger partial charge is 0.289 e. The molecule has 0 aliphatic heterocycles. The molecule has 2 aromatic carbocycles. The molecule has 2 aromatic rings. The Labute approximate surface area is 110 Å². The van der Waals surface area contributed by atoms with Crippen LogP contribution in [-0.2, 0) is 0 Å². The van der Waals surface area contributed by atoms with Gasteiger partial charge in [0.25, 0.3) is 0 Å². The number of benzene rings is 2. The van der Waals surface area contributed by atoms with E-state index in [9.17, 15) is 4.79 Å². The molecule has 0 amide bonds. The normalized spacial score (nSPS) is 10.3. The van der Waals surface area contributed by atoms with Gasteiger partial charge in [0, 0.05) is 15.6 Å². The lowest BCUT2D eigenvalue weighted by molar-refractivity contribution is 0.103. The van der Waals surface area contributed by atoms with Crippen LogP contribution in [0.4, 0.5) is 0 Å². The molecule has 0 saturated carbocycles. The predicted octanol–water partition coefficient (Wildman–Crippen LogP) is 4.30. The van der Waals surface area contributed by atoms with Crippen LogP contribution < -0.4 is 0 Å². The molecule has 0 fully saturated rings. The molecule has 0 atom stereocenters. The maximum absolute atomic E-state index is 12.3. The van der Waals surface area contributed by atoms with E-state index in [0.717, 1.165) is 26.7 Å². The van der Waals surface area contributed by atoms with E-state index in [-0.39, 0.29) is 5.78 Å². The Morgan fingerprint density at radius 3 is 2.41 bits per heavy atom. The highest BCUT2D eigenvalue weighted by atomic mass is 79.9. The molecule has 86 valence electrons. The van der Waals surface area contributed by atoms with Gasteiger partial charge in [-0.25, -0.2) is 0 Å². The van der Waals surface area contributed by atoms with Crippen molar-refractivity contribution in [2.45, 2.75) is 13.8 Å². The van der Waals surface area contributed by atoms with E-state index in [4.69, 9.17) is 0 Å². The zero-order valence-corrected chi connectivity index (χ0v) is 11.4. The van der Waals surface area contributed by atoms with Crippen molar-refractivity contribution >= 4 is 21.7 Å². The monoisotopic (exact) mass is 288 g/mol. The number of carbonyl (C=O) groups excluding carboxylic acids is 1. The van der Waals surface area contributed by atoms with Crippen molar-refractivity contribution in [3.63, 3.8) is 0 Å². The number of hydrogen-bond donors (Lipinski definition) is 0. The average molecular weight is 289 g/mol. The number of rotatable bonds is 2. The van der Waals surface area contributed by atoms with Crippen molar-refractivity contribution in [3.05, 3.63) is 69.2 Å². The van der Waals surface area contributed by atoms with Gasteiger partial charge in [-0.2, -0.15) is 0 Å². The van der Waals surface area contributed by atoms with Gasteiger partial charge in [0.05, 0.1) is 0 Å². The fourth-order valence-electron chi connectivity index (χ4n) is 1.75. The van der Waals surface area contributed by atoms with Crippen LogP contribution in [-0.4, -0.2) is 5.78 Å². The first-order valence-electron chi connectivity index (χ1n) is 5.45. The highest BCUT2D eigenvalue weighted by Gasteiger charge is 2.12. The summed E-state index contributed by atoms with van der Waals surface area (Å²) in [4.78, 5) is 12.3. The van der Waals surface area contributed by atoms with E-state index in [1.165, 1.54) is 0 Å². The van der Waals surface area contributed by atoms with E-state index in [1.54, 1.807) is 0 Å². The molecule has 0 unspecified atom stereocenters. The van der Waals surface area contributed by atoms with Gasteiger partial charge < -0.3 is 0 Å². The first kappa shape index (κ1) is 12.1. The third-order valence-electron chi connectivity index (χ3n) is 2.65. The van der Waals surface area contributed by atoms with Crippen molar-refractivity contribution in [3.8, 4) is 0 Å². The average Bonchev–Trinajstić information content (AvgIpc) is 2.31. The molecule has 0 aliphatic rings. The molecular formula is C15H13BrO. The minimum Gasteiger partial charge on any atom is -0.289 e. The summed E-state index contributed by atoms with van der Waals surface area (Å²) in [5.41, 5.74) is 3.63. The standard InChI is InChI=1S/C15H13BrO/c1-10-4-3-5-12(8-10)15(17)13-9-11(2)6-7-14(13)16/h3-9H,1-2H3. The topological polar surface area (TPSA) is 17.1 Å². The van der Waals surface area contributed by atoms with Crippen molar-refractivity contribution in [2.24, 2.45) is 0 Å². The summed E-state index contributed by atoms with van der Waals surface area (Å²) >= 11 is 3.43. The van der Waals surface area contributed by atoms with Gasteiger partial charge in [0.15, 0.2) is 5.78 Å². The minimum absolute atomic E-state index is 0.0595. The third-order valence-corrected chi connectivity index (χ3v) is 3.34. The third kappa shape index (κ3) is 2.64. The molecule has 2 rings (SSSR count). The van der Waals surface area contributed by atoms with E-state index in [0.29, 0.717) is 0 Å². The quantitative estimate of drug-likeness (QED) is 0.753. The van der Waals surface area contributed by atoms with Gasteiger partial charge in [-0.3, -0.25) is 4.79 Å². The van der Waals surface area contributed by atoms with Crippen molar-refractivity contribution in [2.75, 3.05) is 0 Å². The lowest BCUT2D eigenvalue weighted by Crippen LogP contribution is -2.03. The van der Waals surface area contributed by atoms with Crippen LogP contribution in [0.2, 0.25) is 0 Å². The maximum atomic E-state index is 12.3. The first-order chi connectivity index (χ1) is 8.08. The highest BCUT2D eigenvalue weighted by molar-refractivity contribution is 9.10. The Morgan fingerprint density at radius 1 is 1.00 bits per heavy atom. The van der Waals surface area contributed by atoms with E-state index in [2.05, 4.69) is 15.9 Å². The molecule has 0 radical (unpaired) electrons. The Hall–Kier alpha value is -1.41. The Bertz CT molecular complexity index is 573. The SMILES string of the molecule is Cc1cccc(C(=O)c2cc(C)ccc2Br)c1. The summed E-state index contributed by atoms with van der Waals surface area (Å²) in [6, 6.07) is 13.5. The van der Waals surface area contributed by atoms with Gasteiger partial charge in [0.1, 0.15) is 0 Å². The Morgan fingerprint density at radius 2 is 1.71 bits per heavy atom. The molecular weight excluding hydrogens is 276 g/mol. The number of ketones is 1. The lowest BCUT2D eigenvalue weighted by atomic mass is 10.0. The fourth-order valence-corrected chi connectivity index (χ4v) is 2.18. The van der Waals surface area contributed by atoms with E-state index >= 15 is 0 Å². The number of aryl methyl sites for hydroxylation is 2. The second kappa shape index (κ2) is 4.84. The fraction of sp³-hybridized carbons (Fsp3) is 0.133. The zero-order valence-electron chi connectivity index (χ0n) is 9.83. The molecule has 0 bridgehead atoms. The van der Waals surface area contributed by atoms with Gasteiger partial charge >= 0.3 is 0 Å². The molecule has 0 heterocycles. The van der Waals surface area contributed by atoms with Crippen molar-refractivity contribution in [1.82, 2.24) is 0 Å². The van der Waals surface area contributed by atoms with Crippen LogP contribution in [0.5, 0.6) is 0 Å². The zero-order chi connectivity index (χ0) is 12.4. The molecule has 2 heteroatoms. The van der Waals surface area contributed by atoms with Crippen molar-refractivity contribution < 1.29 is 4.79 Å². The van der Waals surface area contributed by atoms with Gasteiger partial charge in [0.2, 0.25) is 0 Å². The van der Waals surface area contributed by atoms with Crippen LogP contribution >= 0.6 is 15.9 Å².